The lowest BCUT2D eigenvalue weighted by molar-refractivity contribution is -0.384. The average Bonchev–Trinajstić information content (AvgIpc) is 3.34. The van der Waals surface area contributed by atoms with Gasteiger partial charge in [-0.05, 0) is 30.9 Å². The van der Waals surface area contributed by atoms with E-state index in [1.807, 2.05) is 6.92 Å². The van der Waals surface area contributed by atoms with Gasteiger partial charge in [0.2, 0.25) is 5.89 Å². The van der Waals surface area contributed by atoms with Gasteiger partial charge in [0.25, 0.3) is 17.5 Å². The van der Waals surface area contributed by atoms with Crippen molar-refractivity contribution in [3.63, 3.8) is 0 Å². The number of urea groups is 1. The molecule has 1 aromatic carbocycles. The van der Waals surface area contributed by atoms with Crippen molar-refractivity contribution in [2.24, 2.45) is 5.92 Å². The summed E-state index contributed by atoms with van der Waals surface area (Å²) in [6.45, 7) is 1.07. The van der Waals surface area contributed by atoms with Crippen LogP contribution in [0.25, 0.3) is 11.5 Å². The molecule has 12 nitrogen and oxygen atoms in total. The van der Waals surface area contributed by atoms with Crippen molar-refractivity contribution in [1.82, 2.24) is 20.4 Å². The number of ether oxygens (including phenoxy) is 1. The van der Waals surface area contributed by atoms with Gasteiger partial charge in [-0.3, -0.25) is 24.6 Å². The average molecular weight is 443 g/mol. The molecule has 1 saturated heterocycles. The van der Waals surface area contributed by atoms with Gasteiger partial charge in [-0.1, -0.05) is 19.8 Å². The number of carbonyl (C=O) groups is 3. The third-order valence-electron chi connectivity index (χ3n) is 5.94. The van der Waals surface area contributed by atoms with Gasteiger partial charge < -0.3 is 14.5 Å². The number of aromatic nitrogens is 2. The number of imide groups is 1. The maximum atomic E-state index is 12.9. The molecular weight excluding hydrogens is 422 g/mol. The van der Waals surface area contributed by atoms with E-state index in [1.54, 1.807) is 0 Å². The normalized spacial score (nSPS) is 22.8. The van der Waals surface area contributed by atoms with E-state index in [1.165, 1.54) is 24.3 Å². The van der Waals surface area contributed by atoms with Crippen LogP contribution in [-0.4, -0.2) is 50.0 Å². The topological polar surface area (TPSA) is 158 Å². The van der Waals surface area contributed by atoms with E-state index in [9.17, 15) is 24.5 Å². The number of hydrogen-bond donors (Lipinski definition) is 1. The quantitative estimate of drug-likeness (QED) is 0.306. The second kappa shape index (κ2) is 8.36. The van der Waals surface area contributed by atoms with Gasteiger partial charge in [0.1, 0.15) is 12.1 Å². The smallest absolute Gasteiger partial charge is 0.326 e. The van der Waals surface area contributed by atoms with E-state index in [-0.39, 0.29) is 30.0 Å². The zero-order valence-corrected chi connectivity index (χ0v) is 17.3. The van der Waals surface area contributed by atoms with Crippen LogP contribution in [0.1, 0.15) is 38.5 Å². The summed E-state index contributed by atoms with van der Waals surface area (Å²) in [6, 6.07) is 4.93. The number of nitrogens with zero attached hydrogens (tertiary/aromatic N) is 4. The third-order valence-corrected chi connectivity index (χ3v) is 5.94. The van der Waals surface area contributed by atoms with Gasteiger partial charge >= 0.3 is 12.0 Å². The molecule has 12 heteroatoms. The van der Waals surface area contributed by atoms with Crippen molar-refractivity contribution < 1.29 is 28.5 Å². The minimum Gasteiger partial charge on any atom is -0.454 e. The Kier molecular flexibility index (Phi) is 5.59. The number of nitrogens with one attached hydrogen (secondary N) is 1. The number of nitro groups is 1. The SMILES string of the molecule is C[C@@H]1CCCC[C@@]12NC(=O)N(CC(=O)OCc1nnc(-c3ccc([N+](=O)[O-])cc3)o1)C2=O. The van der Waals surface area contributed by atoms with E-state index in [0.717, 1.165) is 24.2 Å². The zero-order valence-electron chi connectivity index (χ0n) is 17.3. The first kappa shape index (κ1) is 21.4. The van der Waals surface area contributed by atoms with Crippen LogP contribution in [0.2, 0.25) is 0 Å². The van der Waals surface area contributed by atoms with Crippen molar-refractivity contribution in [3.8, 4) is 11.5 Å². The molecule has 2 aromatic rings. The zero-order chi connectivity index (χ0) is 22.9. The van der Waals surface area contributed by atoms with Gasteiger partial charge in [-0.25, -0.2) is 4.79 Å². The molecule has 2 atom stereocenters. The molecule has 0 bridgehead atoms. The van der Waals surface area contributed by atoms with Gasteiger partial charge in [0.05, 0.1) is 4.92 Å². The molecule has 168 valence electrons. The van der Waals surface area contributed by atoms with Crippen LogP contribution in [0.4, 0.5) is 10.5 Å². The highest BCUT2D eigenvalue weighted by atomic mass is 16.6. The number of non-ortho nitro benzene ring substituents is 1. The van der Waals surface area contributed by atoms with Crippen molar-refractivity contribution in [2.75, 3.05) is 6.54 Å². The summed E-state index contributed by atoms with van der Waals surface area (Å²) in [5.41, 5.74) is -0.555. The second-order valence-corrected chi connectivity index (χ2v) is 7.91. The molecule has 2 fully saturated rings. The molecule has 1 aliphatic heterocycles. The number of rotatable bonds is 6. The Morgan fingerprint density at radius 1 is 1.31 bits per heavy atom. The molecule has 2 heterocycles. The number of hydrogen-bond acceptors (Lipinski definition) is 9. The van der Waals surface area contributed by atoms with Gasteiger partial charge in [0.15, 0.2) is 6.61 Å². The summed E-state index contributed by atoms with van der Waals surface area (Å²) < 4.78 is 10.5. The number of nitro benzene ring substituents is 1. The molecule has 2 aliphatic rings. The number of benzene rings is 1. The summed E-state index contributed by atoms with van der Waals surface area (Å²) in [4.78, 5) is 48.6. The lowest BCUT2D eigenvalue weighted by atomic mass is 9.73. The van der Waals surface area contributed by atoms with Crippen LogP contribution >= 0.6 is 0 Å². The standard InChI is InChI=1S/C20H21N5O7/c1-12-4-2-3-9-20(12)18(27)24(19(28)21-20)10-16(26)31-11-15-22-23-17(32-15)13-5-7-14(8-6-13)25(29)30/h5-8,12H,2-4,9-11H2,1H3,(H,21,28)/t12-,20-/m1/s1. The highest BCUT2D eigenvalue weighted by molar-refractivity contribution is 6.08. The van der Waals surface area contributed by atoms with Crippen molar-refractivity contribution in [3.05, 3.63) is 40.3 Å². The first-order valence-electron chi connectivity index (χ1n) is 10.2. The molecule has 1 spiro atoms. The fourth-order valence-corrected chi connectivity index (χ4v) is 4.11. The minimum atomic E-state index is -0.943. The van der Waals surface area contributed by atoms with Crippen LogP contribution in [0.3, 0.4) is 0 Å². The number of amides is 3. The Bertz CT molecular complexity index is 1070. The highest BCUT2D eigenvalue weighted by Gasteiger charge is 2.55. The molecule has 0 radical (unpaired) electrons. The molecular formula is C20H21N5O7. The second-order valence-electron chi connectivity index (χ2n) is 7.91. The Hall–Kier alpha value is -3.83. The summed E-state index contributed by atoms with van der Waals surface area (Å²) in [5, 5.41) is 21.1. The lowest BCUT2D eigenvalue weighted by Crippen LogP contribution is -2.54. The van der Waals surface area contributed by atoms with Crippen molar-refractivity contribution in [1.29, 1.82) is 0 Å². The molecule has 4 rings (SSSR count). The Morgan fingerprint density at radius 3 is 2.75 bits per heavy atom. The van der Waals surface area contributed by atoms with Gasteiger partial charge in [-0.15, -0.1) is 10.2 Å². The largest absolute Gasteiger partial charge is 0.454 e. The summed E-state index contributed by atoms with van der Waals surface area (Å²) in [7, 11) is 0. The van der Waals surface area contributed by atoms with Crippen molar-refractivity contribution in [2.45, 2.75) is 44.8 Å². The molecule has 3 amide bonds. The van der Waals surface area contributed by atoms with E-state index >= 15 is 0 Å². The van der Waals surface area contributed by atoms with Crippen LogP contribution in [-0.2, 0) is 20.9 Å². The van der Waals surface area contributed by atoms with E-state index in [2.05, 4.69) is 15.5 Å². The lowest BCUT2D eigenvalue weighted by Gasteiger charge is -2.36. The van der Waals surface area contributed by atoms with Crippen LogP contribution < -0.4 is 5.32 Å². The van der Waals surface area contributed by atoms with Gasteiger partial charge in [0, 0.05) is 17.7 Å². The van der Waals surface area contributed by atoms with Crippen LogP contribution in [0.5, 0.6) is 0 Å². The van der Waals surface area contributed by atoms with E-state index in [4.69, 9.17) is 9.15 Å². The summed E-state index contributed by atoms with van der Waals surface area (Å²) in [6.07, 6.45) is 3.22. The van der Waals surface area contributed by atoms with Crippen LogP contribution in [0.15, 0.2) is 28.7 Å². The third kappa shape index (κ3) is 3.90. The van der Waals surface area contributed by atoms with Crippen molar-refractivity contribution >= 4 is 23.6 Å². The Labute approximate surface area is 182 Å². The fraction of sp³-hybridized carbons (Fsp3) is 0.450. The number of carbonyl (C=O) groups excluding carboxylic acids is 3. The molecule has 1 N–H and O–H groups in total. The maximum Gasteiger partial charge on any atom is 0.326 e. The Morgan fingerprint density at radius 2 is 2.06 bits per heavy atom. The first-order chi connectivity index (χ1) is 15.3. The predicted octanol–water partition coefficient (Wildman–Crippen LogP) is 2.19. The summed E-state index contributed by atoms with van der Waals surface area (Å²) >= 11 is 0. The first-order valence-corrected chi connectivity index (χ1v) is 10.2. The van der Waals surface area contributed by atoms with Gasteiger partial charge in [-0.2, -0.15) is 0 Å². The summed E-state index contributed by atoms with van der Waals surface area (Å²) in [5.74, 6) is -1.09. The molecule has 0 unspecified atom stereocenters. The monoisotopic (exact) mass is 443 g/mol. The minimum absolute atomic E-state index is 0.00118. The molecule has 1 aromatic heterocycles. The fourth-order valence-electron chi connectivity index (χ4n) is 4.11. The van der Waals surface area contributed by atoms with E-state index in [0.29, 0.717) is 12.0 Å². The van der Waals surface area contributed by atoms with E-state index < -0.39 is 34.9 Å². The van der Waals surface area contributed by atoms with Crippen LogP contribution in [0, 0.1) is 16.0 Å². The molecule has 32 heavy (non-hydrogen) atoms. The Balaban J connectivity index is 1.34. The molecule has 1 saturated carbocycles. The maximum absolute atomic E-state index is 12.9. The number of esters is 1. The predicted molar refractivity (Wildman–Crippen MR) is 107 cm³/mol. The molecule has 1 aliphatic carbocycles. The highest BCUT2D eigenvalue weighted by Crippen LogP contribution is 2.38.